The number of likely N-dealkylation sites (N-methyl/N-ethyl adjacent to an activating group) is 1. The highest BCUT2D eigenvalue weighted by Crippen LogP contribution is 2.10. The van der Waals surface area contributed by atoms with Crippen LogP contribution in [0.25, 0.3) is 5.69 Å². The molecule has 0 aliphatic heterocycles. The second kappa shape index (κ2) is 7.70. The van der Waals surface area contributed by atoms with Crippen LogP contribution in [0.2, 0.25) is 0 Å². The Morgan fingerprint density at radius 3 is 2.64 bits per heavy atom. The molecule has 0 bridgehead atoms. The minimum atomic E-state index is -0.291. The van der Waals surface area contributed by atoms with E-state index < -0.39 is 0 Å². The molecule has 3 aromatic rings. The molecule has 5 nitrogen and oxygen atoms in total. The third kappa shape index (κ3) is 4.50. The summed E-state index contributed by atoms with van der Waals surface area (Å²) in [6.07, 6.45) is 4.46. The van der Waals surface area contributed by atoms with Crippen molar-refractivity contribution in [2.24, 2.45) is 0 Å². The molecule has 0 atom stereocenters. The standard InChI is InChI=1S/C19H19FN4O/c1-23(12-9-16-4-2-3-11-21-16)19(25)14-17-10-13-24(22-17)18-7-5-15(20)6-8-18/h2-8,10-11,13H,9,12,14H2,1H3. The first-order valence-corrected chi connectivity index (χ1v) is 8.06. The number of carbonyl (C=O) groups is 1. The van der Waals surface area contributed by atoms with Crippen molar-refractivity contribution in [1.82, 2.24) is 19.7 Å². The molecule has 25 heavy (non-hydrogen) atoms. The van der Waals surface area contributed by atoms with Gasteiger partial charge in [0.25, 0.3) is 0 Å². The van der Waals surface area contributed by atoms with E-state index in [4.69, 9.17) is 0 Å². The van der Waals surface area contributed by atoms with E-state index in [0.717, 1.165) is 11.4 Å². The number of nitrogens with zero attached hydrogens (tertiary/aromatic N) is 4. The SMILES string of the molecule is CN(CCc1ccccn1)C(=O)Cc1ccn(-c2ccc(F)cc2)n1. The van der Waals surface area contributed by atoms with Crippen LogP contribution in [0, 0.1) is 5.82 Å². The summed E-state index contributed by atoms with van der Waals surface area (Å²) in [6.45, 7) is 0.606. The van der Waals surface area contributed by atoms with Gasteiger partial charge in [0.1, 0.15) is 5.82 Å². The summed E-state index contributed by atoms with van der Waals surface area (Å²) in [4.78, 5) is 18.3. The van der Waals surface area contributed by atoms with Crippen LogP contribution in [-0.4, -0.2) is 39.2 Å². The topological polar surface area (TPSA) is 51.0 Å². The van der Waals surface area contributed by atoms with E-state index in [1.165, 1.54) is 12.1 Å². The Bertz CT molecular complexity index is 830. The monoisotopic (exact) mass is 338 g/mol. The third-order valence-electron chi connectivity index (χ3n) is 3.92. The smallest absolute Gasteiger partial charge is 0.228 e. The van der Waals surface area contributed by atoms with Gasteiger partial charge in [0.05, 0.1) is 17.8 Å². The molecule has 0 saturated carbocycles. The molecule has 0 unspecified atom stereocenters. The van der Waals surface area contributed by atoms with Crippen LogP contribution in [0.15, 0.2) is 60.9 Å². The lowest BCUT2D eigenvalue weighted by Crippen LogP contribution is -2.30. The highest BCUT2D eigenvalue weighted by Gasteiger charge is 2.12. The van der Waals surface area contributed by atoms with Crippen LogP contribution in [0.5, 0.6) is 0 Å². The zero-order valence-electron chi connectivity index (χ0n) is 14.0. The Morgan fingerprint density at radius 1 is 1.12 bits per heavy atom. The molecule has 0 spiro atoms. The second-order valence-electron chi connectivity index (χ2n) is 5.79. The Morgan fingerprint density at radius 2 is 1.92 bits per heavy atom. The Labute approximate surface area is 145 Å². The summed E-state index contributed by atoms with van der Waals surface area (Å²) in [6, 6.07) is 13.6. The number of benzene rings is 1. The van der Waals surface area contributed by atoms with E-state index in [0.29, 0.717) is 18.7 Å². The summed E-state index contributed by atoms with van der Waals surface area (Å²) in [7, 11) is 1.78. The van der Waals surface area contributed by atoms with Gasteiger partial charge in [-0.3, -0.25) is 9.78 Å². The number of hydrogen-bond donors (Lipinski definition) is 0. The lowest BCUT2D eigenvalue weighted by Gasteiger charge is -2.16. The summed E-state index contributed by atoms with van der Waals surface area (Å²) in [5.41, 5.74) is 2.39. The van der Waals surface area contributed by atoms with Gasteiger partial charge in [0, 0.05) is 38.1 Å². The lowest BCUT2D eigenvalue weighted by atomic mass is 10.2. The molecule has 2 aromatic heterocycles. The maximum Gasteiger partial charge on any atom is 0.228 e. The van der Waals surface area contributed by atoms with E-state index in [1.54, 1.807) is 47.2 Å². The number of aromatic nitrogens is 3. The second-order valence-corrected chi connectivity index (χ2v) is 5.79. The number of hydrogen-bond acceptors (Lipinski definition) is 3. The van der Waals surface area contributed by atoms with Crippen LogP contribution in [0.1, 0.15) is 11.4 Å². The maximum atomic E-state index is 13.0. The molecule has 128 valence electrons. The largest absolute Gasteiger partial charge is 0.345 e. The number of halogens is 1. The normalized spacial score (nSPS) is 10.6. The average Bonchev–Trinajstić information content (AvgIpc) is 3.09. The maximum absolute atomic E-state index is 13.0. The van der Waals surface area contributed by atoms with Gasteiger partial charge >= 0.3 is 0 Å². The number of amides is 1. The van der Waals surface area contributed by atoms with Gasteiger partial charge in [-0.1, -0.05) is 6.07 Å². The van der Waals surface area contributed by atoms with Crippen LogP contribution in [0.3, 0.4) is 0 Å². The minimum absolute atomic E-state index is 0.000266. The van der Waals surface area contributed by atoms with Gasteiger partial charge in [-0.25, -0.2) is 9.07 Å². The molecule has 6 heteroatoms. The van der Waals surface area contributed by atoms with E-state index in [1.807, 2.05) is 18.2 Å². The average molecular weight is 338 g/mol. The van der Waals surface area contributed by atoms with Gasteiger partial charge in [-0.15, -0.1) is 0 Å². The zero-order valence-corrected chi connectivity index (χ0v) is 14.0. The number of pyridine rings is 1. The molecule has 2 heterocycles. The molecule has 0 aliphatic carbocycles. The van der Waals surface area contributed by atoms with Gasteiger partial charge in [-0.05, 0) is 42.5 Å². The van der Waals surface area contributed by atoms with Gasteiger partial charge in [0.15, 0.2) is 0 Å². The lowest BCUT2D eigenvalue weighted by molar-refractivity contribution is -0.129. The molecule has 0 saturated heterocycles. The van der Waals surface area contributed by atoms with Crippen molar-refractivity contribution in [2.45, 2.75) is 12.8 Å². The van der Waals surface area contributed by atoms with Crippen molar-refractivity contribution in [3.05, 3.63) is 78.1 Å². The van der Waals surface area contributed by atoms with E-state index in [2.05, 4.69) is 10.1 Å². The van der Waals surface area contributed by atoms with Gasteiger partial charge in [0.2, 0.25) is 5.91 Å². The van der Waals surface area contributed by atoms with E-state index in [9.17, 15) is 9.18 Å². The Kier molecular flexibility index (Phi) is 5.18. The van der Waals surface area contributed by atoms with Crippen molar-refractivity contribution in [1.29, 1.82) is 0 Å². The van der Waals surface area contributed by atoms with Gasteiger partial charge < -0.3 is 4.90 Å². The zero-order chi connectivity index (χ0) is 17.6. The number of rotatable bonds is 6. The predicted octanol–water partition coefficient (Wildman–Crippen LogP) is 2.65. The molecule has 0 aliphatic rings. The van der Waals surface area contributed by atoms with Crippen LogP contribution >= 0.6 is 0 Å². The number of carbonyl (C=O) groups excluding carboxylic acids is 1. The van der Waals surface area contributed by atoms with Crippen molar-refractivity contribution in [3.63, 3.8) is 0 Å². The molecule has 0 radical (unpaired) electrons. The summed E-state index contributed by atoms with van der Waals surface area (Å²) in [5, 5.41) is 4.39. The molecule has 0 N–H and O–H groups in total. The fourth-order valence-corrected chi connectivity index (χ4v) is 2.44. The minimum Gasteiger partial charge on any atom is -0.345 e. The van der Waals surface area contributed by atoms with Crippen LogP contribution in [0.4, 0.5) is 4.39 Å². The quantitative estimate of drug-likeness (QED) is 0.694. The molecule has 0 fully saturated rings. The predicted molar refractivity (Wildman–Crippen MR) is 92.8 cm³/mol. The van der Waals surface area contributed by atoms with Crippen molar-refractivity contribution < 1.29 is 9.18 Å². The fraction of sp³-hybridized carbons (Fsp3) is 0.211. The highest BCUT2D eigenvalue weighted by molar-refractivity contribution is 5.78. The van der Waals surface area contributed by atoms with E-state index in [-0.39, 0.29) is 18.1 Å². The first-order valence-electron chi connectivity index (χ1n) is 8.06. The Balaban J connectivity index is 1.56. The van der Waals surface area contributed by atoms with Crippen molar-refractivity contribution in [3.8, 4) is 5.69 Å². The Hall–Kier alpha value is -3.02. The highest BCUT2D eigenvalue weighted by atomic mass is 19.1. The van der Waals surface area contributed by atoms with Crippen LogP contribution < -0.4 is 0 Å². The first kappa shape index (κ1) is 16.8. The summed E-state index contributed by atoms with van der Waals surface area (Å²) >= 11 is 0. The third-order valence-corrected chi connectivity index (χ3v) is 3.92. The summed E-state index contributed by atoms with van der Waals surface area (Å²) in [5.74, 6) is -0.291. The molecular weight excluding hydrogens is 319 g/mol. The van der Waals surface area contributed by atoms with Crippen molar-refractivity contribution in [2.75, 3.05) is 13.6 Å². The fourth-order valence-electron chi connectivity index (χ4n) is 2.44. The van der Waals surface area contributed by atoms with Crippen molar-refractivity contribution >= 4 is 5.91 Å². The molecule has 1 amide bonds. The molecule has 3 rings (SSSR count). The van der Waals surface area contributed by atoms with Gasteiger partial charge in [-0.2, -0.15) is 5.10 Å². The van der Waals surface area contributed by atoms with E-state index >= 15 is 0 Å². The summed E-state index contributed by atoms with van der Waals surface area (Å²) < 4.78 is 14.6. The first-order chi connectivity index (χ1) is 12.1. The molecular formula is C19H19FN4O. The van der Waals surface area contributed by atoms with Crippen LogP contribution in [-0.2, 0) is 17.6 Å². The molecule has 1 aromatic carbocycles.